The van der Waals surface area contributed by atoms with Crippen LogP contribution in [0.4, 0.5) is 5.13 Å². The Morgan fingerprint density at radius 3 is 2.67 bits per heavy atom. The van der Waals surface area contributed by atoms with Crippen molar-refractivity contribution >= 4 is 39.9 Å². The van der Waals surface area contributed by atoms with Crippen LogP contribution in [-0.2, 0) is 4.74 Å². The minimum atomic E-state index is 0.571. The molecule has 1 aromatic carbocycles. The van der Waals surface area contributed by atoms with Crippen molar-refractivity contribution in [2.75, 3.05) is 25.6 Å². The minimum Gasteiger partial charge on any atom is -0.383 e. The molecule has 0 saturated carbocycles. The molecule has 0 atom stereocenters. The van der Waals surface area contributed by atoms with E-state index in [0.29, 0.717) is 29.0 Å². The first kappa shape index (κ1) is 13.5. The fourth-order valence-electron chi connectivity index (χ4n) is 1.36. The molecular weight excluding hydrogens is 293 g/mol. The molecule has 18 heavy (non-hydrogen) atoms. The number of aromatic nitrogens is 2. The van der Waals surface area contributed by atoms with Crippen molar-refractivity contribution < 1.29 is 4.74 Å². The summed E-state index contributed by atoms with van der Waals surface area (Å²) in [6.45, 7) is 1.32. The third kappa shape index (κ3) is 3.55. The lowest BCUT2D eigenvalue weighted by Crippen LogP contribution is -2.06. The summed E-state index contributed by atoms with van der Waals surface area (Å²) in [5, 5.41) is 5.01. The van der Waals surface area contributed by atoms with Gasteiger partial charge in [-0.25, -0.2) is 0 Å². The standard InChI is InChI=1S/C11H11Cl2N3OS/c1-17-3-2-14-11-15-10(16-18-11)7-4-8(12)6-9(13)5-7/h4-6H,2-3H2,1H3,(H,14,15,16). The van der Waals surface area contributed by atoms with Gasteiger partial charge in [-0.3, -0.25) is 0 Å². The quantitative estimate of drug-likeness (QED) is 0.858. The van der Waals surface area contributed by atoms with E-state index in [-0.39, 0.29) is 0 Å². The number of nitrogens with zero attached hydrogens (tertiary/aromatic N) is 2. The molecule has 0 aliphatic carbocycles. The maximum absolute atomic E-state index is 5.94. The van der Waals surface area contributed by atoms with Gasteiger partial charge in [-0.2, -0.15) is 9.36 Å². The fraction of sp³-hybridized carbons (Fsp3) is 0.273. The number of ether oxygens (including phenoxy) is 1. The topological polar surface area (TPSA) is 47.0 Å². The van der Waals surface area contributed by atoms with Crippen molar-refractivity contribution in [1.82, 2.24) is 9.36 Å². The number of halogens is 2. The molecule has 0 radical (unpaired) electrons. The average molecular weight is 304 g/mol. The van der Waals surface area contributed by atoms with Crippen LogP contribution < -0.4 is 5.32 Å². The van der Waals surface area contributed by atoms with Crippen LogP contribution >= 0.6 is 34.7 Å². The highest BCUT2D eigenvalue weighted by molar-refractivity contribution is 7.09. The molecule has 7 heteroatoms. The zero-order valence-corrected chi connectivity index (χ0v) is 11.9. The maximum Gasteiger partial charge on any atom is 0.202 e. The Morgan fingerprint density at radius 1 is 1.28 bits per heavy atom. The summed E-state index contributed by atoms with van der Waals surface area (Å²) in [5.41, 5.74) is 0.809. The van der Waals surface area contributed by atoms with Crippen molar-refractivity contribution in [2.45, 2.75) is 0 Å². The van der Waals surface area contributed by atoms with Crippen molar-refractivity contribution in [1.29, 1.82) is 0 Å². The summed E-state index contributed by atoms with van der Waals surface area (Å²) in [5.74, 6) is 0.615. The third-order valence-electron chi connectivity index (χ3n) is 2.13. The molecule has 0 aliphatic heterocycles. The summed E-state index contributed by atoms with van der Waals surface area (Å²) in [7, 11) is 1.65. The highest BCUT2D eigenvalue weighted by atomic mass is 35.5. The van der Waals surface area contributed by atoms with Crippen LogP contribution in [0.3, 0.4) is 0 Å². The zero-order valence-electron chi connectivity index (χ0n) is 9.61. The summed E-state index contributed by atoms with van der Waals surface area (Å²) in [4.78, 5) is 4.36. The van der Waals surface area contributed by atoms with Gasteiger partial charge in [-0.05, 0) is 18.2 Å². The van der Waals surface area contributed by atoms with E-state index in [4.69, 9.17) is 27.9 Å². The Labute approximate surface area is 119 Å². The summed E-state index contributed by atoms with van der Waals surface area (Å²) in [6, 6.07) is 5.25. The number of benzene rings is 1. The number of rotatable bonds is 5. The van der Waals surface area contributed by atoms with Crippen LogP contribution in [0.25, 0.3) is 11.4 Å². The predicted molar refractivity (Wildman–Crippen MR) is 75.7 cm³/mol. The largest absolute Gasteiger partial charge is 0.383 e. The minimum absolute atomic E-state index is 0.571. The molecule has 0 spiro atoms. The lowest BCUT2D eigenvalue weighted by molar-refractivity contribution is 0.211. The van der Waals surface area contributed by atoms with E-state index in [0.717, 1.165) is 10.7 Å². The summed E-state index contributed by atoms with van der Waals surface area (Å²) < 4.78 is 9.20. The van der Waals surface area contributed by atoms with Crippen molar-refractivity contribution in [3.63, 3.8) is 0 Å². The second-order valence-electron chi connectivity index (χ2n) is 3.50. The first-order valence-electron chi connectivity index (χ1n) is 5.22. The van der Waals surface area contributed by atoms with E-state index in [2.05, 4.69) is 14.7 Å². The van der Waals surface area contributed by atoms with Gasteiger partial charge in [0.15, 0.2) is 5.82 Å². The first-order chi connectivity index (χ1) is 8.69. The van der Waals surface area contributed by atoms with Crippen molar-refractivity contribution in [3.05, 3.63) is 28.2 Å². The second-order valence-corrected chi connectivity index (χ2v) is 5.13. The maximum atomic E-state index is 5.94. The molecule has 1 heterocycles. The molecule has 96 valence electrons. The van der Waals surface area contributed by atoms with E-state index in [1.807, 2.05) is 0 Å². The Balaban J connectivity index is 2.13. The van der Waals surface area contributed by atoms with Gasteiger partial charge < -0.3 is 10.1 Å². The van der Waals surface area contributed by atoms with E-state index in [1.165, 1.54) is 11.5 Å². The Bertz CT molecular complexity index is 513. The van der Waals surface area contributed by atoms with E-state index in [1.54, 1.807) is 25.3 Å². The van der Waals surface area contributed by atoms with Gasteiger partial charge in [0.05, 0.1) is 6.61 Å². The van der Waals surface area contributed by atoms with Crippen LogP contribution in [0, 0.1) is 0 Å². The highest BCUT2D eigenvalue weighted by Crippen LogP contribution is 2.27. The van der Waals surface area contributed by atoms with Gasteiger partial charge in [0, 0.05) is 40.8 Å². The third-order valence-corrected chi connectivity index (χ3v) is 3.24. The van der Waals surface area contributed by atoms with Gasteiger partial charge in [-0.1, -0.05) is 23.2 Å². The molecule has 0 amide bonds. The number of methoxy groups -OCH3 is 1. The first-order valence-corrected chi connectivity index (χ1v) is 6.75. The summed E-state index contributed by atoms with van der Waals surface area (Å²) >= 11 is 13.2. The molecular formula is C11H11Cl2N3OS. The monoisotopic (exact) mass is 303 g/mol. The molecule has 0 fully saturated rings. The molecule has 1 aromatic heterocycles. The van der Waals surface area contributed by atoms with Crippen molar-refractivity contribution in [3.8, 4) is 11.4 Å². The van der Waals surface area contributed by atoms with Crippen LogP contribution in [-0.4, -0.2) is 29.6 Å². The molecule has 0 saturated heterocycles. The van der Waals surface area contributed by atoms with Crippen LogP contribution in [0.1, 0.15) is 0 Å². The molecule has 0 unspecified atom stereocenters. The molecule has 1 N–H and O–H groups in total. The smallest absolute Gasteiger partial charge is 0.202 e. The van der Waals surface area contributed by atoms with Gasteiger partial charge in [-0.15, -0.1) is 0 Å². The summed E-state index contributed by atoms with van der Waals surface area (Å²) in [6.07, 6.45) is 0. The fourth-order valence-corrected chi connectivity index (χ4v) is 2.49. The number of hydrogen-bond donors (Lipinski definition) is 1. The predicted octanol–water partition coefficient (Wildman–Crippen LogP) is 3.57. The molecule has 2 rings (SSSR count). The van der Waals surface area contributed by atoms with Crippen LogP contribution in [0.15, 0.2) is 18.2 Å². The van der Waals surface area contributed by atoms with Crippen LogP contribution in [0.5, 0.6) is 0 Å². The van der Waals surface area contributed by atoms with Gasteiger partial charge in [0.1, 0.15) is 0 Å². The lowest BCUT2D eigenvalue weighted by atomic mass is 10.2. The zero-order chi connectivity index (χ0) is 13.0. The lowest BCUT2D eigenvalue weighted by Gasteiger charge is -2.00. The SMILES string of the molecule is COCCNc1nc(-c2cc(Cl)cc(Cl)c2)ns1. The average Bonchev–Trinajstić information content (AvgIpc) is 2.77. The van der Waals surface area contributed by atoms with E-state index < -0.39 is 0 Å². The molecule has 2 aromatic rings. The van der Waals surface area contributed by atoms with Gasteiger partial charge in [0.2, 0.25) is 5.13 Å². The van der Waals surface area contributed by atoms with Crippen molar-refractivity contribution in [2.24, 2.45) is 0 Å². The number of nitrogens with one attached hydrogen (secondary N) is 1. The molecule has 0 bridgehead atoms. The Hall–Kier alpha value is -0.880. The highest BCUT2D eigenvalue weighted by Gasteiger charge is 2.08. The Kier molecular flexibility index (Phi) is 4.77. The van der Waals surface area contributed by atoms with E-state index >= 15 is 0 Å². The Morgan fingerprint density at radius 2 is 2.00 bits per heavy atom. The second kappa shape index (κ2) is 6.33. The molecule has 0 aliphatic rings. The van der Waals surface area contributed by atoms with Gasteiger partial charge >= 0.3 is 0 Å². The number of anilines is 1. The van der Waals surface area contributed by atoms with Gasteiger partial charge in [0.25, 0.3) is 0 Å². The van der Waals surface area contributed by atoms with E-state index in [9.17, 15) is 0 Å². The number of hydrogen-bond acceptors (Lipinski definition) is 5. The molecule has 4 nitrogen and oxygen atoms in total. The normalized spacial score (nSPS) is 10.6. The van der Waals surface area contributed by atoms with Crippen LogP contribution in [0.2, 0.25) is 10.0 Å².